The third-order valence-corrected chi connectivity index (χ3v) is 2.87. The zero-order valence-corrected chi connectivity index (χ0v) is 8.56. The van der Waals surface area contributed by atoms with E-state index in [0.29, 0.717) is 0 Å². The van der Waals surface area contributed by atoms with Crippen molar-refractivity contribution < 1.29 is 17.6 Å². The Morgan fingerprint density at radius 2 is 1.93 bits per heavy atom. The molecule has 0 saturated heterocycles. The molecule has 3 nitrogen and oxygen atoms in total. The lowest BCUT2D eigenvalue weighted by Crippen LogP contribution is -2.08. The molecule has 0 aromatic heterocycles. The normalized spacial score (nSPS) is 11.4. The third-order valence-electron chi connectivity index (χ3n) is 1.72. The molecule has 14 heavy (non-hydrogen) atoms. The van der Waals surface area contributed by atoms with E-state index < -0.39 is 26.3 Å². The van der Waals surface area contributed by atoms with E-state index in [1.165, 1.54) is 19.1 Å². The summed E-state index contributed by atoms with van der Waals surface area (Å²) in [4.78, 5) is 10.5. The van der Waals surface area contributed by atoms with Crippen LogP contribution in [0.1, 0.15) is 17.3 Å². The van der Waals surface area contributed by atoms with E-state index in [4.69, 9.17) is 0 Å². The van der Waals surface area contributed by atoms with Crippen molar-refractivity contribution in [2.24, 2.45) is 0 Å². The Hall–Kier alpha value is -1.23. The number of carbonyl (C=O) groups excluding carboxylic acids is 1. The van der Waals surface area contributed by atoms with Gasteiger partial charge in [-0.3, -0.25) is 4.79 Å². The van der Waals surface area contributed by atoms with Crippen molar-refractivity contribution in [1.29, 1.82) is 0 Å². The van der Waals surface area contributed by atoms with Gasteiger partial charge in [0.25, 0.3) is 0 Å². The van der Waals surface area contributed by atoms with Gasteiger partial charge in [0, 0.05) is 11.8 Å². The van der Waals surface area contributed by atoms with E-state index in [2.05, 4.69) is 0 Å². The van der Waals surface area contributed by atoms with Crippen molar-refractivity contribution >= 4 is 15.6 Å². The molecule has 0 unspecified atom stereocenters. The van der Waals surface area contributed by atoms with Gasteiger partial charge in [-0.05, 0) is 19.1 Å². The molecule has 1 aromatic carbocycles. The van der Waals surface area contributed by atoms with Crippen molar-refractivity contribution in [1.82, 2.24) is 0 Å². The quantitative estimate of drug-likeness (QED) is 0.703. The fraction of sp³-hybridized carbons (Fsp3) is 0.222. The Labute approximate surface area is 81.5 Å². The fourth-order valence-electron chi connectivity index (χ4n) is 1.16. The summed E-state index contributed by atoms with van der Waals surface area (Å²) in [5.41, 5.74) is -0.104. The van der Waals surface area contributed by atoms with Crippen molar-refractivity contribution in [3.63, 3.8) is 0 Å². The molecule has 0 N–H and O–H groups in total. The summed E-state index contributed by atoms with van der Waals surface area (Å²) in [7, 11) is -3.70. The van der Waals surface area contributed by atoms with Crippen LogP contribution in [0.3, 0.4) is 0 Å². The van der Waals surface area contributed by atoms with Gasteiger partial charge in [-0.1, -0.05) is 6.07 Å². The summed E-state index contributed by atoms with van der Waals surface area (Å²) in [6, 6.07) is 3.62. The predicted molar refractivity (Wildman–Crippen MR) is 49.5 cm³/mol. The van der Waals surface area contributed by atoms with Gasteiger partial charge in [0.2, 0.25) is 0 Å². The molecule has 1 rings (SSSR count). The van der Waals surface area contributed by atoms with Gasteiger partial charge in [0.1, 0.15) is 10.7 Å². The van der Waals surface area contributed by atoms with Crippen LogP contribution >= 0.6 is 0 Å². The molecule has 0 spiro atoms. The second-order valence-corrected chi connectivity index (χ2v) is 4.90. The molecule has 0 heterocycles. The van der Waals surface area contributed by atoms with Crippen LogP contribution in [0.15, 0.2) is 23.1 Å². The van der Waals surface area contributed by atoms with Crippen LogP contribution in [0.25, 0.3) is 0 Å². The van der Waals surface area contributed by atoms with Gasteiger partial charge in [-0.2, -0.15) is 0 Å². The minimum Gasteiger partial charge on any atom is -0.294 e. The lowest BCUT2D eigenvalue weighted by atomic mass is 10.1. The van der Waals surface area contributed by atoms with Crippen LogP contribution in [0, 0.1) is 5.82 Å². The highest BCUT2D eigenvalue weighted by molar-refractivity contribution is 7.90. The highest BCUT2D eigenvalue weighted by atomic mass is 32.2. The molecule has 76 valence electrons. The van der Waals surface area contributed by atoms with Crippen molar-refractivity contribution in [3.05, 3.63) is 29.6 Å². The molecular weight excluding hydrogens is 207 g/mol. The molecule has 0 saturated carbocycles. The summed E-state index contributed by atoms with van der Waals surface area (Å²) in [5, 5.41) is 0. The lowest BCUT2D eigenvalue weighted by Gasteiger charge is -2.05. The number of sulfone groups is 1. The molecule has 0 atom stereocenters. The number of hydrogen-bond donors (Lipinski definition) is 0. The van der Waals surface area contributed by atoms with Crippen LogP contribution in [0.4, 0.5) is 4.39 Å². The van der Waals surface area contributed by atoms with Crippen LogP contribution in [-0.2, 0) is 9.84 Å². The number of ketones is 1. The van der Waals surface area contributed by atoms with Gasteiger partial charge in [-0.15, -0.1) is 0 Å². The number of rotatable bonds is 2. The Balaban J connectivity index is 3.62. The zero-order valence-electron chi connectivity index (χ0n) is 7.74. The third kappa shape index (κ3) is 1.98. The standard InChI is InChI=1S/C9H9FO3S/c1-6(11)7-4-3-5-8(10)9(7)14(2,12)13/h3-5H,1-2H3. The summed E-state index contributed by atoms with van der Waals surface area (Å²) >= 11 is 0. The van der Waals surface area contributed by atoms with E-state index in [-0.39, 0.29) is 5.56 Å². The largest absolute Gasteiger partial charge is 0.294 e. The van der Waals surface area contributed by atoms with E-state index in [9.17, 15) is 17.6 Å². The average Bonchev–Trinajstić information content (AvgIpc) is 2.01. The van der Waals surface area contributed by atoms with Crippen LogP contribution < -0.4 is 0 Å². The summed E-state index contributed by atoms with van der Waals surface area (Å²) in [6.45, 7) is 1.20. The maximum absolute atomic E-state index is 13.2. The van der Waals surface area contributed by atoms with Crippen LogP contribution in [0.2, 0.25) is 0 Å². The van der Waals surface area contributed by atoms with Crippen LogP contribution in [0.5, 0.6) is 0 Å². The first-order valence-electron chi connectivity index (χ1n) is 3.83. The molecule has 0 aliphatic carbocycles. The summed E-state index contributed by atoms with van der Waals surface area (Å²) < 4.78 is 35.5. The Kier molecular flexibility index (Phi) is 2.71. The number of halogens is 1. The van der Waals surface area contributed by atoms with Gasteiger partial charge < -0.3 is 0 Å². The van der Waals surface area contributed by atoms with E-state index in [1.54, 1.807) is 0 Å². The monoisotopic (exact) mass is 216 g/mol. The van der Waals surface area contributed by atoms with Gasteiger partial charge in [0.05, 0.1) is 0 Å². The van der Waals surface area contributed by atoms with Crippen LogP contribution in [-0.4, -0.2) is 20.5 Å². The molecule has 0 radical (unpaired) electrons. The number of carbonyl (C=O) groups is 1. The van der Waals surface area contributed by atoms with Gasteiger partial charge >= 0.3 is 0 Å². The van der Waals surface area contributed by atoms with Crippen molar-refractivity contribution in [3.8, 4) is 0 Å². The molecule has 0 amide bonds. The predicted octanol–water partition coefficient (Wildman–Crippen LogP) is 1.43. The van der Waals surface area contributed by atoms with Crippen molar-refractivity contribution in [2.45, 2.75) is 11.8 Å². The lowest BCUT2D eigenvalue weighted by molar-refractivity contribution is 0.101. The highest BCUT2D eigenvalue weighted by Crippen LogP contribution is 2.19. The molecule has 0 aliphatic heterocycles. The maximum atomic E-state index is 13.2. The Bertz CT molecular complexity index is 477. The smallest absolute Gasteiger partial charge is 0.179 e. The molecule has 0 aliphatic rings. The first-order valence-corrected chi connectivity index (χ1v) is 5.72. The minimum absolute atomic E-state index is 0.104. The van der Waals surface area contributed by atoms with Gasteiger partial charge in [-0.25, -0.2) is 12.8 Å². The SMILES string of the molecule is CC(=O)c1cccc(F)c1S(C)(=O)=O. The zero-order chi connectivity index (χ0) is 10.9. The fourth-order valence-corrected chi connectivity index (χ4v) is 2.20. The number of benzene rings is 1. The molecule has 5 heteroatoms. The maximum Gasteiger partial charge on any atom is 0.179 e. The second kappa shape index (κ2) is 3.49. The van der Waals surface area contributed by atoms with E-state index >= 15 is 0 Å². The molecular formula is C9H9FO3S. The van der Waals surface area contributed by atoms with Crippen molar-refractivity contribution in [2.75, 3.05) is 6.26 Å². The molecule has 0 bridgehead atoms. The summed E-state index contributed by atoms with van der Waals surface area (Å²) in [5.74, 6) is -1.36. The molecule has 0 fully saturated rings. The van der Waals surface area contributed by atoms with E-state index in [0.717, 1.165) is 12.3 Å². The molecule has 1 aromatic rings. The Morgan fingerprint density at radius 1 is 1.36 bits per heavy atom. The highest BCUT2D eigenvalue weighted by Gasteiger charge is 2.20. The van der Waals surface area contributed by atoms with Gasteiger partial charge in [0.15, 0.2) is 15.6 Å². The van der Waals surface area contributed by atoms with E-state index in [1.807, 2.05) is 0 Å². The summed E-state index contributed by atoms with van der Waals surface area (Å²) in [6.07, 6.45) is 0.873. The number of hydrogen-bond acceptors (Lipinski definition) is 3. The first kappa shape index (κ1) is 10.8. The Morgan fingerprint density at radius 3 is 2.29 bits per heavy atom. The average molecular weight is 216 g/mol. The number of Topliss-reactive ketones (excluding diaryl/α,β-unsaturated/α-hetero) is 1. The minimum atomic E-state index is -3.70. The second-order valence-electron chi connectivity index (χ2n) is 2.94. The first-order chi connectivity index (χ1) is 6.34. The topological polar surface area (TPSA) is 51.2 Å².